The van der Waals surface area contributed by atoms with Crippen LogP contribution >= 0.6 is 0 Å². The predicted octanol–water partition coefficient (Wildman–Crippen LogP) is 6.53. The molecule has 10 heteroatoms. The highest BCUT2D eigenvalue weighted by Gasteiger charge is 2.35. The van der Waals surface area contributed by atoms with Gasteiger partial charge in [0.25, 0.3) is 0 Å². The second-order valence-electron chi connectivity index (χ2n) is 9.90. The van der Waals surface area contributed by atoms with Crippen molar-refractivity contribution >= 4 is 28.6 Å². The summed E-state index contributed by atoms with van der Waals surface area (Å²) in [7, 11) is 0. The Bertz CT molecular complexity index is 1210. The number of alkyl halides is 3. The molecule has 1 heterocycles. The van der Waals surface area contributed by atoms with Gasteiger partial charge in [-0.3, -0.25) is 0 Å². The van der Waals surface area contributed by atoms with E-state index >= 15 is 0 Å². The highest BCUT2D eigenvalue weighted by atomic mass is 19.4. The molecule has 1 aromatic heterocycles. The highest BCUT2D eigenvalue weighted by molar-refractivity contribution is 5.81. The van der Waals surface area contributed by atoms with Gasteiger partial charge in [0.2, 0.25) is 5.95 Å². The van der Waals surface area contributed by atoms with Crippen LogP contribution in [-0.4, -0.2) is 33.6 Å². The van der Waals surface area contributed by atoms with Crippen LogP contribution in [0.3, 0.4) is 0 Å². The summed E-state index contributed by atoms with van der Waals surface area (Å²) in [6.07, 6.45) is -1.74. The van der Waals surface area contributed by atoms with Gasteiger partial charge in [-0.2, -0.15) is 0 Å². The number of ether oxygens (including phenoxy) is 2. The Labute approximate surface area is 200 Å². The molecule has 35 heavy (non-hydrogen) atoms. The summed E-state index contributed by atoms with van der Waals surface area (Å²) < 4.78 is 48.9. The van der Waals surface area contributed by atoms with Crippen LogP contribution in [0.15, 0.2) is 42.5 Å². The molecule has 1 fully saturated rings. The number of rotatable bonds is 7. The number of carbonyl (C=O) groups is 1. The number of fused-ring (bicyclic) bond motifs is 1. The zero-order chi connectivity index (χ0) is 25.4. The number of benzene rings is 2. The van der Waals surface area contributed by atoms with Gasteiger partial charge >= 0.3 is 12.3 Å². The summed E-state index contributed by atoms with van der Waals surface area (Å²) in [6, 6.07) is 10.9. The van der Waals surface area contributed by atoms with E-state index in [1.165, 1.54) is 24.3 Å². The van der Waals surface area contributed by atoms with Crippen LogP contribution in [-0.2, 0) is 4.79 Å². The molecular weight excluding hydrogens is 463 g/mol. The largest absolute Gasteiger partial charge is 0.573 e. The Morgan fingerprint density at radius 3 is 2.49 bits per heavy atom. The van der Waals surface area contributed by atoms with Gasteiger partial charge in [0.1, 0.15) is 11.5 Å². The Hall–Kier alpha value is -3.43. The molecule has 0 saturated heterocycles. The van der Waals surface area contributed by atoms with Crippen LogP contribution in [0, 0.1) is 11.3 Å². The maximum atomic E-state index is 12.5. The number of nitrogens with zero attached hydrogens (tertiary/aromatic N) is 2. The van der Waals surface area contributed by atoms with Gasteiger partial charge in [-0.1, -0.05) is 20.8 Å². The molecule has 1 aliphatic rings. The minimum Gasteiger partial charge on any atom is -0.482 e. The molecule has 0 aliphatic heterocycles. The van der Waals surface area contributed by atoms with E-state index in [0.29, 0.717) is 28.8 Å². The van der Waals surface area contributed by atoms with E-state index in [-0.39, 0.29) is 17.2 Å². The number of imidazole rings is 1. The average molecular weight is 492 g/mol. The van der Waals surface area contributed by atoms with E-state index in [1.54, 1.807) is 12.1 Å². The molecule has 1 saturated carbocycles. The van der Waals surface area contributed by atoms with E-state index in [0.717, 1.165) is 24.8 Å². The fourth-order valence-electron chi connectivity index (χ4n) is 5.13. The number of nitrogens with one attached hydrogen (secondary N) is 1. The molecule has 2 aromatic carbocycles. The molecule has 3 aromatic rings. The standard InChI is InChI=1S/C25H28F3N3O4/c1-15-10-17(13-24(2,3)12-15)31-21-9-8-19(34-14-22(32)33)11-20(21)30-23(31)29-16-4-6-18(7-5-16)35-25(26,27)28/h4-9,11,15,17H,10,12-14H2,1-3H3,(H,29,30)(H,32,33)/t15-,17+/m1/s1. The second-order valence-corrected chi connectivity index (χ2v) is 9.90. The summed E-state index contributed by atoms with van der Waals surface area (Å²) in [6.45, 7) is 6.27. The minimum atomic E-state index is -4.76. The van der Waals surface area contributed by atoms with E-state index < -0.39 is 18.9 Å². The van der Waals surface area contributed by atoms with Gasteiger partial charge in [0.15, 0.2) is 6.61 Å². The normalized spacial score (nSPS) is 19.9. The lowest BCUT2D eigenvalue weighted by atomic mass is 9.70. The first kappa shape index (κ1) is 24.7. The predicted molar refractivity (Wildman–Crippen MR) is 125 cm³/mol. The lowest BCUT2D eigenvalue weighted by molar-refractivity contribution is -0.274. The number of halogens is 3. The molecule has 0 spiro atoms. The first-order chi connectivity index (χ1) is 16.4. The third kappa shape index (κ3) is 6.17. The van der Waals surface area contributed by atoms with Crippen molar-refractivity contribution in [2.75, 3.05) is 11.9 Å². The number of aromatic nitrogens is 2. The Morgan fingerprint density at radius 2 is 1.86 bits per heavy atom. The van der Waals surface area contributed by atoms with Crippen molar-refractivity contribution in [1.29, 1.82) is 0 Å². The van der Waals surface area contributed by atoms with Crippen molar-refractivity contribution in [2.24, 2.45) is 11.3 Å². The lowest BCUT2D eigenvalue weighted by Crippen LogP contribution is -2.29. The molecule has 4 rings (SSSR count). The number of carboxylic acid groups (broad SMARTS) is 1. The Morgan fingerprint density at radius 1 is 1.17 bits per heavy atom. The van der Waals surface area contributed by atoms with Crippen molar-refractivity contribution < 1.29 is 32.5 Å². The minimum absolute atomic E-state index is 0.136. The summed E-state index contributed by atoms with van der Waals surface area (Å²) in [5.41, 5.74) is 2.18. The average Bonchev–Trinajstić information content (AvgIpc) is 3.08. The van der Waals surface area contributed by atoms with Gasteiger partial charge < -0.3 is 24.5 Å². The van der Waals surface area contributed by atoms with Gasteiger partial charge in [-0.15, -0.1) is 13.2 Å². The number of carboxylic acids is 1. The van der Waals surface area contributed by atoms with Crippen LogP contribution in [0.1, 0.15) is 46.1 Å². The van der Waals surface area contributed by atoms with Crippen LogP contribution in [0.4, 0.5) is 24.8 Å². The molecule has 0 unspecified atom stereocenters. The third-order valence-electron chi connectivity index (χ3n) is 6.10. The van der Waals surface area contributed by atoms with Crippen molar-refractivity contribution in [3.63, 3.8) is 0 Å². The topological polar surface area (TPSA) is 85.6 Å². The second kappa shape index (κ2) is 9.31. The molecule has 1 aliphatic carbocycles. The molecule has 7 nitrogen and oxygen atoms in total. The van der Waals surface area contributed by atoms with E-state index in [2.05, 4.69) is 35.4 Å². The van der Waals surface area contributed by atoms with Gasteiger partial charge in [0.05, 0.1) is 11.0 Å². The number of aliphatic carboxylic acids is 1. The van der Waals surface area contributed by atoms with E-state index in [4.69, 9.17) is 14.8 Å². The molecule has 2 atom stereocenters. The summed E-state index contributed by atoms with van der Waals surface area (Å²) in [5, 5.41) is 12.1. The third-order valence-corrected chi connectivity index (χ3v) is 6.10. The van der Waals surface area contributed by atoms with Crippen LogP contribution in [0.5, 0.6) is 11.5 Å². The summed E-state index contributed by atoms with van der Waals surface area (Å²) in [4.78, 5) is 15.6. The Balaban J connectivity index is 1.70. The first-order valence-corrected chi connectivity index (χ1v) is 11.4. The number of hydrogen-bond acceptors (Lipinski definition) is 5. The van der Waals surface area contributed by atoms with E-state index in [1.807, 2.05) is 6.07 Å². The summed E-state index contributed by atoms with van der Waals surface area (Å²) >= 11 is 0. The van der Waals surface area contributed by atoms with Gasteiger partial charge in [-0.25, -0.2) is 9.78 Å². The molecule has 2 N–H and O–H groups in total. The Kier molecular flexibility index (Phi) is 6.57. The summed E-state index contributed by atoms with van der Waals surface area (Å²) in [5.74, 6) is 0.0666. The molecule has 188 valence electrons. The molecular formula is C25H28F3N3O4. The number of anilines is 2. The van der Waals surface area contributed by atoms with Crippen LogP contribution < -0.4 is 14.8 Å². The maximum absolute atomic E-state index is 12.5. The first-order valence-electron chi connectivity index (χ1n) is 11.4. The van der Waals surface area contributed by atoms with Crippen molar-refractivity contribution in [1.82, 2.24) is 9.55 Å². The SMILES string of the molecule is C[C@@H]1C[C@H](n2c(Nc3ccc(OC(F)(F)F)cc3)nc3cc(OCC(=O)O)ccc32)CC(C)(C)C1. The molecule has 0 bridgehead atoms. The maximum Gasteiger partial charge on any atom is 0.573 e. The van der Waals surface area contributed by atoms with Crippen molar-refractivity contribution in [3.05, 3.63) is 42.5 Å². The molecule has 0 amide bonds. The monoisotopic (exact) mass is 491 g/mol. The van der Waals surface area contributed by atoms with Gasteiger partial charge in [0, 0.05) is 17.8 Å². The van der Waals surface area contributed by atoms with Gasteiger partial charge in [-0.05, 0) is 67.0 Å². The molecule has 0 radical (unpaired) electrons. The van der Waals surface area contributed by atoms with Crippen LogP contribution in [0.2, 0.25) is 0 Å². The fourth-order valence-corrected chi connectivity index (χ4v) is 5.13. The highest BCUT2D eigenvalue weighted by Crippen LogP contribution is 2.46. The quantitative estimate of drug-likeness (QED) is 0.391. The smallest absolute Gasteiger partial charge is 0.482 e. The van der Waals surface area contributed by atoms with Crippen LogP contribution in [0.25, 0.3) is 11.0 Å². The number of hydrogen-bond donors (Lipinski definition) is 2. The zero-order valence-corrected chi connectivity index (χ0v) is 19.7. The zero-order valence-electron chi connectivity index (χ0n) is 19.7. The van der Waals surface area contributed by atoms with E-state index in [9.17, 15) is 18.0 Å². The fraction of sp³-hybridized carbons (Fsp3) is 0.440. The lowest BCUT2D eigenvalue weighted by Gasteiger charge is -2.40. The van der Waals surface area contributed by atoms with Crippen molar-refractivity contribution in [2.45, 2.75) is 52.4 Å². The van der Waals surface area contributed by atoms with Crippen molar-refractivity contribution in [3.8, 4) is 11.5 Å².